The van der Waals surface area contributed by atoms with Crippen LogP contribution in [-0.2, 0) is 9.59 Å². The Morgan fingerprint density at radius 2 is 1.74 bits per heavy atom. The number of aryl methyl sites for hydroxylation is 1. The predicted octanol–water partition coefficient (Wildman–Crippen LogP) is 1.80. The highest BCUT2D eigenvalue weighted by atomic mass is 35.5. The lowest BCUT2D eigenvalue weighted by Crippen LogP contribution is -2.42. The molecule has 0 saturated heterocycles. The normalized spacial score (nSPS) is 10.6. The largest absolute Gasteiger partial charge is 0.349 e. The van der Waals surface area contributed by atoms with Crippen molar-refractivity contribution in [3.8, 4) is 0 Å². The summed E-state index contributed by atoms with van der Waals surface area (Å²) in [6.07, 6.45) is 0. The number of hydrogen-bond acceptors (Lipinski definition) is 4. The van der Waals surface area contributed by atoms with Crippen LogP contribution in [0.15, 0.2) is 24.3 Å². The monoisotopic (exact) mass is 367 g/mol. The molecule has 0 radical (unpaired) electrons. The maximum atomic E-state index is 12.8. The van der Waals surface area contributed by atoms with Gasteiger partial charge in [0.05, 0.1) is 24.6 Å². The SMILES string of the molecule is Cc1ccc(NC(=O)CSCC(=O)NCC(F)(F)CN)cc1.Cl. The minimum Gasteiger partial charge on any atom is -0.349 e. The lowest BCUT2D eigenvalue weighted by atomic mass is 10.2. The molecule has 0 fully saturated rings. The number of amides is 2. The third-order valence-electron chi connectivity index (χ3n) is 2.64. The van der Waals surface area contributed by atoms with Crippen LogP contribution in [0.5, 0.6) is 0 Å². The van der Waals surface area contributed by atoms with Crippen molar-refractivity contribution in [3.63, 3.8) is 0 Å². The van der Waals surface area contributed by atoms with Gasteiger partial charge in [-0.1, -0.05) is 17.7 Å². The van der Waals surface area contributed by atoms with E-state index in [4.69, 9.17) is 5.73 Å². The molecule has 1 aromatic rings. The molecule has 4 N–H and O–H groups in total. The number of alkyl halides is 2. The van der Waals surface area contributed by atoms with Crippen LogP contribution in [0.4, 0.5) is 14.5 Å². The topological polar surface area (TPSA) is 84.2 Å². The number of anilines is 1. The zero-order valence-electron chi connectivity index (χ0n) is 12.6. The zero-order valence-corrected chi connectivity index (χ0v) is 14.2. The number of thioether (sulfide) groups is 1. The van der Waals surface area contributed by atoms with Crippen LogP contribution in [0.25, 0.3) is 0 Å². The highest BCUT2D eigenvalue weighted by Gasteiger charge is 2.26. The highest BCUT2D eigenvalue weighted by molar-refractivity contribution is 8.00. The third kappa shape index (κ3) is 9.37. The summed E-state index contributed by atoms with van der Waals surface area (Å²) in [6.45, 7) is 0.325. The first-order valence-corrected chi connectivity index (χ1v) is 7.77. The van der Waals surface area contributed by atoms with Crippen molar-refractivity contribution in [2.75, 3.05) is 29.9 Å². The average Bonchev–Trinajstić information content (AvgIpc) is 2.48. The van der Waals surface area contributed by atoms with E-state index in [0.29, 0.717) is 5.69 Å². The van der Waals surface area contributed by atoms with Crippen LogP contribution in [0, 0.1) is 6.92 Å². The molecule has 0 saturated carbocycles. The Hall–Kier alpha value is -1.38. The summed E-state index contributed by atoms with van der Waals surface area (Å²) >= 11 is 1.05. The minimum atomic E-state index is -3.11. The van der Waals surface area contributed by atoms with Crippen molar-refractivity contribution < 1.29 is 18.4 Å². The Morgan fingerprint density at radius 1 is 1.17 bits per heavy atom. The van der Waals surface area contributed by atoms with Gasteiger partial charge in [0, 0.05) is 5.69 Å². The fourth-order valence-electron chi connectivity index (χ4n) is 1.42. The molecule has 0 aliphatic rings. The molecule has 9 heteroatoms. The number of carbonyl (C=O) groups is 2. The van der Waals surface area contributed by atoms with Gasteiger partial charge in [0.2, 0.25) is 11.8 Å². The van der Waals surface area contributed by atoms with E-state index >= 15 is 0 Å². The van der Waals surface area contributed by atoms with E-state index in [1.54, 1.807) is 12.1 Å². The minimum absolute atomic E-state index is 0. The number of carbonyl (C=O) groups excluding carboxylic acids is 2. The van der Waals surface area contributed by atoms with Gasteiger partial charge in [-0.2, -0.15) is 0 Å². The molecule has 0 aromatic heterocycles. The van der Waals surface area contributed by atoms with E-state index in [0.717, 1.165) is 17.3 Å². The van der Waals surface area contributed by atoms with Gasteiger partial charge in [-0.15, -0.1) is 24.2 Å². The van der Waals surface area contributed by atoms with Crippen LogP contribution in [0.3, 0.4) is 0 Å². The number of hydrogen-bond donors (Lipinski definition) is 3. The van der Waals surface area contributed by atoms with Gasteiger partial charge in [0.15, 0.2) is 0 Å². The van der Waals surface area contributed by atoms with Crippen molar-refractivity contribution in [1.82, 2.24) is 5.32 Å². The number of rotatable bonds is 8. The number of halogens is 3. The van der Waals surface area contributed by atoms with Crippen LogP contribution >= 0.6 is 24.2 Å². The number of benzene rings is 1. The van der Waals surface area contributed by atoms with E-state index in [-0.39, 0.29) is 29.8 Å². The Labute approximate surface area is 144 Å². The van der Waals surface area contributed by atoms with Gasteiger partial charge >= 0.3 is 0 Å². The highest BCUT2D eigenvalue weighted by Crippen LogP contribution is 2.10. The molecule has 0 aliphatic heterocycles. The molecule has 0 heterocycles. The van der Waals surface area contributed by atoms with E-state index < -0.39 is 24.9 Å². The van der Waals surface area contributed by atoms with E-state index in [9.17, 15) is 18.4 Å². The number of nitrogens with two attached hydrogens (primary N) is 1. The summed E-state index contributed by atoms with van der Waals surface area (Å²) in [5.74, 6) is -3.92. The summed E-state index contributed by atoms with van der Waals surface area (Å²) in [4.78, 5) is 23.0. The summed E-state index contributed by atoms with van der Waals surface area (Å²) in [5.41, 5.74) is 6.61. The lowest BCUT2D eigenvalue weighted by molar-refractivity contribution is -0.120. The molecular formula is C14H20ClF2N3O2S. The van der Waals surface area contributed by atoms with Crippen LogP contribution in [0.1, 0.15) is 5.56 Å². The maximum absolute atomic E-state index is 12.8. The van der Waals surface area contributed by atoms with E-state index in [1.807, 2.05) is 19.1 Å². The summed E-state index contributed by atoms with van der Waals surface area (Å²) in [6, 6.07) is 7.29. The Kier molecular flexibility index (Phi) is 9.78. The van der Waals surface area contributed by atoms with Gasteiger partial charge in [-0.05, 0) is 19.1 Å². The Balaban J connectivity index is 0.00000484. The number of nitrogens with one attached hydrogen (secondary N) is 2. The first-order valence-electron chi connectivity index (χ1n) is 6.61. The quantitative estimate of drug-likeness (QED) is 0.654. The summed E-state index contributed by atoms with van der Waals surface area (Å²) in [5, 5.41) is 4.76. The molecule has 0 atom stereocenters. The molecule has 1 rings (SSSR count). The first-order chi connectivity index (χ1) is 10.3. The second kappa shape index (κ2) is 10.4. The molecule has 0 unspecified atom stereocenters. The fourth-order valence-corrected chi connectivity index (χ4v) is 2.07. The molecule has 23 heavy (non-hydrogen) atoms. The molecule has 5 nitrogen and oxygen atoms in total. The molecular weight excluding hydrogens is 348 g/mol. The van der Waals surface area contributed by atoms with Gasteiger partial charge < -0.3 is 16.4 Å². The Morgan fingerprint density at radius 3 is 2.30 bits per heavy atom. The molecule has 1 aromatic carbocycles. The van der Waals surface area contributed by atoms with Gasteiger partial charge in [0.25, 0.3) is 5.92 Å². The van der Waals surface area contributed by atoms with Crippen LogP contribution in [-0.4, -0.2) is 42.3 Å². The van der Waals surface area contributed by atoms with Crippen LogP contribution in [0.2, 0.25) is 0 Å². The van der Waals surface area contributed by atoms with Crippen molar-refractivity contribution in [1.29, 1.82) is 0 Å². The molecule has 0 aliphatic carbocycles. The Bertz CT molecular complexity index is 515. The molecule has 0 bridgehead atoms. The van der Waals surface area contributed by atoms with Gasteiger partial charge in [-0.3, -0.25) is 9.59 Å². The molecule has 0 spiro atoms. The standard InChI is InChI=1S/C14H19F2N3O2S.ClH/c1-10-2-4-11(5-3-10)19-13(21)7-22-6-12(20)18-9-14(15,16)8-17;/h2-5H,6-9,17H2,1H3,(H,18,20)(H,19,21);1H. The van der Waals surface area contributed by atoms with E-state index in [1.165, 1.54) is 0 Å². The molecule has 130 valence electrons. The zero-order chi connectivity index (χ0) is 16.6. The second-order valence-electron chi connectivity index (χ2n) is 4.74. The van der Waals surface area contributed by atoms with Gasteiger partial charge in [-0.25, -0.2) is 8.78 Å². The fraction of sp³-hybridized carbons (Fsp3) is 0.429. The third-order valence-corrected chi connectivity index (χ3v) is 3.58. The molecule has 2 amide bonds. The van der Waals surface area contributed by atoms with Gasteiger partial charge in [0.1, 0.15) is 0 Å². The first kappa shape index (κ1) is 21.6. The van der Waals surface area contributed by atoms with Crippen LogP contribution < -0.4 is 16.4 Å². The lowest BCUT2D eigenvalue weighted by Gasteiger charge is -2.14. The summed E-state index contributed by atoms with van der Waals surface area (Å²) in [7, 11) is 0. The van der Waals surface area contributed by atoms with E-state index in [2.05, 4.69) is 10.6 Å². The smallest absolute Gasteiger partial charge is 0.277 e. The second-order valence-corrected chi connectivity index (χ2v) is 5.73. The average molecular weight is 368 g/mol. The predicted molar refractivity (Wildman–Crippen MR) is 91.4 cm³/mol. The van der Waals surface area contributed by atoms with Crippen molar-refractivity contribution >= 4 is 41.7 Å². The maximum Gasteiger partial charge on any atom is 0.277 e. The van der Waals surface area contributed by atoms with Crippen molar-refractivity contribution in [2.45, 2.75) is 12.8 Å². The summed E-state index contributed by atoms with van der Waals surface area (Å²) < 4.78 is 25.6. The van der Waals surface area contributed by atoms with Crippen molar-refractivity contribution in [2.24, 2.45) is 5.73 Å². The van der Waals surface area contributed by atoms with Crippen molar-refractivity contribution in [3.05, 3.63) is 29.8 Å².